The number of carboxylic acid groups (broad SMARTS) is 1. The third-order valence-corrected chi connectivity index (χ3v) is 3.90. The SMILES string of the molecule is CCCC(NC(C)C(=O)Nc1c(C)cccc1C(C)C)C(=O)O.Cl. The van der Waals surface area contributed by atoms with Crippen LogP contribution in [0.3, 0.4) is 0 Å². The number of anilines is 1. The van der Waals surface area contributed by atoms with Crippen molar-refractivity contribution in [1.82, 2.24) is 5.32 Å². The lowest BCUT2D eigenvalue weighted by atomic mass is 9.98. The molecule has 3 N–H and O–H groups in total. The first-order valence-corrected chi connectivity index (χ1v) is 8.17. The van der Waals surface area contributed by atoms with E-state index in [2.05, 4.69) is 24.5 Å². The lowest BCUT2D eigenvalue weighted by molar-refractivity contribution is -0.140. The standard InChI is InChI=1S/C18H28N2O3.ClH/c1-6-8-15(18(22)23)19-13(5)17(21)20-16-12(4)9-7-10-14(16)11(2)3;/h7,9-11,13,15,19H,6,8H2,1-5H3,(H,20,21)(H,22,23);1H. The maximum Gasteiger partial charge on any atom is 0.320 e. The Morgan fingerprint density at radius 3 is 2.33 bits per heavy atom. The van der Waals surface area contributed by atoms with Crippen LogP contribution in [0, 0.1) is 6.92 Å². The van der Waals surface area contributed by atoms with Crippen LogP contribution in [0.2, 0.25) is 0 Å². The molecule has 0 radical (unpaired) electrons. The van der Waals surface area contributed by atoms with Gasteiger partial charge < -0.3 is 10.4 Å². The second-order valence-electron chi connectivity index (χ2n) is 6.25. The minimum Gasteiger partial charge on any atom is -0.480 e. The van der Waals surface area contributed by atoms with E-state index in [1.54, 1.807) is 6.92 Å². The van der Waals surface area contributed by atoms with E-state index in [0.717, 1.165) is 23.2 Å². The number of amides is 1. The molecule has 1 rings (SSSR count). The van der Waals surface area contributed by atoms with Crippen LogP contribution in [-0.4, -0.2) is 29.1 Å². The van der Waals surface area contributed by atoms with Gasteiger partial charge in [0.05, 0.1) is 6.04 Å². The summed E-state index contributed by atoms with van der Waals surface area (Å²) in [5.74, 6) is -0.853. The Hall–Kier alpha value is -1.59. The number of carbonyl (C=O) groups excluding carboxylic acids is 1. The molecular weight excluding hydrogens is 328 g/mol. The molecule has 0 aliphatic carbocycles. The van der Waals surface area contributed by atoms with Crippen LogP contribution >= 0.6 is 12.4 Å². The molecule has 1 aromatic carbocycles. The molecule has 0 aliphatic heterocycles. The summed E-state index contributed by atoms with van der Waals surface area (Å²) in [7, 11) is 0. The molecule has 0 saturated heterocycles. The van der Waals surface area contributed by atoms with Crippen LogP contribution in [0.1, 0.15) is 57.6 Å². The molecule has 0 bridgehead atoms. The largest absolute Gasteiger partial charge is 0.480 e. The molecule has 2 atom stereocenters. The molecule has 5 nitrogen and oxygen atoms in total. The molecule has 2 unspecified atom stereocenters. The van der Waals surface area contributed by atoms with Crippen molar-refractivity contribution in [1.29, 1.82) is 0 Å². The van der Waals surface area contributed by atoms with E-state index >= 15 is 0 Å². The summed E-state index contributed by atoms with van der Waals surface area (Å²) in [5.41, 5.74) is 2.90. The van der Waals surface area contributed by atoms with Crippen molar-refractivity contribution in [2.45, 2.75) is 65.5 Å². The number of hydrogen-bond acceptors (Lipinski definition) is 3. The fourth-order valence-electron chi connectivity index (χ4n) is 2.52. The highest BCUT2D eigenvalue weighted by Crippen LogP contribution is 2.27. The van der Waals surface area contributed by atoms with Crippen molar-refractivity contribution in [2.75, 3.05) is 5.32 Å². The van der Waals surface area contributed by atoms with Crippen molar-refractivity contribution >= 4 is 30.0 Å². The Labute approximate surface area is 150 Å². The average Bonchev–Trinajstić information content (AvgIpc) is 2.48. The first-order valence-electron chi connectivity index (χ1n) is 8.17. The highest BCUT2D eigenvalue weighted by Gasteiger charge is 2.23. The van der Waals surface area contributed by atoms with Crippen molar-refractivity contribution in [3.63, 3.8) is 0 Å². The smallest absolute Gasteiger partial charge is 0.320 e. The second-order valence-corrected chi connectivity index (χ2v) is 6.25. The normalized spacial score (nSPS) is 13.1. The van der Waals surface area contributed by atoms with Gasteiger partial charge in [0.2, 0.25) is 5.91 Å². The minimum atomic E-state index is -0.926. The molecule has 0 fully saturated rings. The van der Waals surface area contributed by atoms with Crippen LogP contribution in [0.15, 0.2) is 18.2 Å². The van der Waals surface area contributed by atoms with E-state index in [9.17, 15) is 14.7 Å². The van der Waals surface area contributed by atoms with Crippen LogP contribution in [0.4, 0.5) is 5.69 Å². The summed E-state index contributed by atoms with van der Waals surface area (Å²) < 4.78 is 0. The van der Waals surface area contributed by atoms with Gasteiger partial charge in [0.15, 0.2) is 0 Å². The van der Waals surface area contributed by atoms with Gasteiger partial charge in [-0.15, -0.1) is 12.4 Å². The predicted octanol–water partition coefficient (Wildman–Crippen LogP) is 3.71. The van der Waals surface area contributed by atoms with Gasteiger partial charge in [0.25, 0.3) is 0 Å². The number of halogens is 1. The zero-order valence-corrected chi connectivity index (χ0v) is 15.9. The summed E-state index contributed by atoms with van der Waals surface area (Å²) in [4.78, 5) is 23.6. The van der Waals surface area contributed by atoms with Crippen LogP contribution in [-0.2, 0) is 9.59 Å². The Morgan fingerprint density at radius 1 is 1.21 bits per heavy atom. The van der Waals surface area contributed by atoms with Gasteiger partial charge in [0.1, 0.15) is 6.04 Å². The number of aryl methyl sites for hydroxylation is 1. The van der Waals surface area contributed by atoms with Crippen LogP contribution in [0.25, 0.3) is 0 Å². The van der Waals surface area contributed by atoms with Crippen LogP contribution in [0.5, 0.6) is 0 Å². The number of benzene rings is 1. The van der Waals surface area contributed by atoms with Crippen molar-refractivity contribution < 1.29 is 14.7 Å². The van der Waals surface area contributed by atoms with Crippen molar-refractivity contribution in [2.24, 2.45) is 0 Å². The first-order chi connectivity index (χ1) is 10.8. The number of rotatable bonds is 8. The predicted molar refractivity (Wildman–Crippen MR) is 100 cm³/mol. The highest BCUT2D eigenvalue weighted by atomic mass is 35.5. The fourth-order valence-corrected chi connectivity index (χ4v) is 2.52. The minimum absolute atomic E-state index is 0. The van der Waals surface area contributed by atoms with Crippen molar-refractivity contribution in [3.05, 3.63) is 29.3 Å². The third-order valence-electron chi connectivity index (χ3n) is 3.90. The summed E-state index contributed by atoms with van der Waals surface area (Å²) in [6.07, 6.45) is 1.24. The van der Waals surface area contributed by atoms with E-state index < -0.39 is 18.1 Å². The topological polar surface area (TPSA) is 78.4 Å². The highest BCUT2D eigenvalue weighted by molar-refractivity contribution is 5.96. The summed E-state index contributed by atoms with van der Waals surface area (Å²) in [5, 5.41) is 15.0. The molecule has 0 saturated carbocycles. The molecule has 1 amide bonds. The Kier molecular flexibility index (Phi) is 9.63. The van der Waals surface area contributed by atoms with Gasteiger partial charge in [-0.2, -0.15) is 0 Å². The number of aliphatic carboxylic acids is 1. The molecule has 0 aliphatic rings. The van der Waals surface area contributed by atoms with E-state index in [4.69, 9.17) is 0 Å². The van der Waals surface area contributed by atoms with Gasteiger partial charge in [-0.1, -0.05) is 45.4 Å². The Bertz CT molecular complexity index is 561. The monoisotopic (exact) mass is 356 g/mol. The first kappa shape index (κ1) is 22.4. The lowest BCUT2D eigenvalue weighted by Gasteiger charge is -2.22. The quantitative estimate of drug-likeness (QED) is 0.663. The molecule has 136 valence electrons. The maximum absolute atomic E-state index is 12.4. The van der Waals surface area contributed by atoms with Crippen LogP contribution < -0.4 is 10.6 Å². The maximum atomic E-state index is 12.4. The molecular formula is C18H29ClN2O3. The van der Waals surface area contributed by atoms with Crippen molar-refractivity contribution in [3.8, 4) is 0 Å². The molecule has 0 heterocycles. The molecule has 0 spiro atoms. The molecule has 6 heteroatoms. The van der Waals surface area contributed by atoms with Gasteiger partial charge in [-0.05, 0) is 37.3 Å². The second kappa shape index (κ2) is 10.3. The van der Waals surface area contributed by atoms with E-state index in [1.807, 2.05) is 32.0 Å². The van der Waals surface area contributed by atoms with Gasteiger partial charge in [0, 0.05) is 5.69 Å². The lowest BCUT2D eigenvalue weighted by Crippen LogP contribution is -2.47. The van der Waals surface area contributed by atoms with E-state index in [-0.39, 0.29) is 18.3 Å². The number of carbonyl (C=O) groups is 2. The number of carboxylic acids is 1. The zero-order valence-electron chi connectivity index (χ0n) is 15.1. The van der Waals surface area contributed by atoms with Gasteiger partial charge >= 0.3 is 5.97 Å². The third kappa shape index (κ3) is 6.13. The molecule has 24 heavy (non-hydrogen) atoms. The van der Waals surface area contributed by atoms with Gasteiger partial charge in [-0.25, -0.2) is 0 Å². The summed E-state index contributed by atoms with van der Waals surface area (Å²) in [6, 6.07) is 4.65. The van der Waals surface area contributed by atoms with Gasteiger partial charge in [-0.3, -0.25) is 14.9 Å². The van der Waals surface area contributed by atoms with E-state index in [0.29, 0.717) is 12.3 Å². The van der Waals surface area contributed by atoms with E-state index in [1.165, 1.54) is 0 Å². The summed E-state index contributed by atoms with van der Waals surface area (Å²) in [6.45, 7) is 9.72. The average molecular weight is 357 g/mol. The Balaban J connectivity index is 0.00000529. The number of para-hydroxylation sites is 1. The molecule has 1 aromatic rings. The fraction of sp³-hybridized carbons (Fsp3) is 0.556. The molecule has 0 aromatic heterocycles. The zero-order chi connectivity index (χ0) is 17.6. The number of nitrogens with one attached hydrogen (secondary N) is 2. The number of hydrogen-bond donors (Lipinski definition) is 3. The summed E-state index contributed by atoms with van der Waals surface area (Å²) >= 11 is 0. The Morgan fingerprint density at radius 2 is 1.83 bits per heavy atom.